The van der Waals surface area contributed by atoms with Gasteiger partial charge in [-0.05, 0) is 44.5 Å². The molecule has 1 aliphatic rings. The van der Waals surface area contributed by atoms with Crippen molar-refractivity contribution >= 4 is 13.3 Å². The van der Waals surface area contributed by atoms with Gasteiger partial charge in [-0.3, -0.25) is 0 Å². The fraction of sp³-hybridized carbons (Fsp3) is 0.0323. The van der Waals surface area contributed by atoms with Crippen LogP contribution in [-0.2, 0) is 5.41 Å². The van der Waals surface area contributed by atoms with Gasteiger partial charge < -0.3 is 0 Å². The first kappa shape index (κ1) is 18.9. The molecule has 0 bridgehead atoms. The summed E-state index contributed by atoms with van der Waals surface area (Å²) >= 11 is 0. The second kappa shape index (κ2) is 7.39. The molecule has 1 heteroatoms. The zero-order valence-electron chi connectivity index (χ0n) is 17.7. The summed E-state index contributed by atoms with van der Waals surface area (Å²) in [6, 6.07) is 45.7. The Morgan fingerprint density at radius 2 is 0.781 bits per heavy atom. The molecule has 148 valence electrons. The molecule has 0 saturated carbocycles. The number of hydrogen-bond acceptors (Lipinski definition) is 0. The third kappa shape index (κ3) is 2.64. The fourth-order valence-corrected chi connectivity index (χ4v) is 5.40. The van der Waals surface area contributed by atoms with Crippen LogP contribution in [0.15, 0.2) is 127 Å². The van der Waals surface area contributed by atoms with Crippen LogP contribution in [0.25, 0.3) is 22.3 Å². The van der Waals surface area contributed by atoms with E-state index in [-0.39, 0.29) is 0 Å². The van der Waals surface area contributed by atoms with E-state index in [0.717, 1.165) is 5.46 Å². The summed E-state index contributed by atoms with van der Waals surface area (Å²) < 4.78 is 0. The van der Waals surface area contributed by atoms with Crippen LogP contribution in [0, 0.1) is 0 Å². The number of fused-ring (bicyclic) bond motifs is 5. The van der Waals surface area contributed by atoms with Gasteiger partial charge in [0.15, 0.2) is 0 Å². The molecule has 1 aliphatic carbocycles. The first-order valence-corrected chi connectivity index (χ1v) is 11.0. The first-order chi connectivity index (χ1) is 15.8. The molecule has 0 N–H and O–H groups in total. The lowest BCUT2D eigenvalue weighted by atomic mass is 9.63. The van der Waals surface area contributed by atoms with E-state index >= 15 is 0 Å². The van der Waals surface area contributed by atoms with Gasteiger partial charge in [-0.1, -0.05) is 133 Å². The molecule has 32 heavy (non-hydrogen) atoms. The quantitative estimate of drug-likeness (QED) is 0.289. The third-order valence-corrected chi connectivity index (χ3v) is 6.72. The zero-order valence-corrected chi connectivity index (χ0v) is 17.7. The van der Waals surface area contributed by atoms with Gasteiger partial charge in [0, 0.05) is 0 Å². The van der Waals surface area contributed by atoms with E-state index in [1.165, 1.54) is 44.5 Å². The van der Waals surface area contributed by atoms with Gasteiger partial charge in [-0.25, -0.2) is 0 Å². The Hall–Kier alpha value is -3.84. The summed E-state index contributed by atoms with van der Waals surface area (Å²) in [5.74, 6) is 0. The summed E-state index contributed by atoms with van der Waals surface area (Å²) in [5, 5.41) is 0. The van der Waals surface area contributed by atoms with Crippen molar-refractivity contribution in [2.75, 3.05) is 0 Å². The molecule has 5 aromatic carbocycles. The highest BCUT2D eigenvalue weighted by Gasteiger charge is 2.43. The summed E-state index contributed by atoms with van der Waals surface area (Å²) in [4.78, 5) is 0. The molecule has 0 nitrogen and oxygen atoms in total. The van der Waals surface area contributed by atoms with Gasteiger partial charge in [0.25, 0.3) is 0 Å². The average molecular weight is 404 g/mol. The molecule has 0 fully saturated rings. The van der Waals surface area contributed by atoms with Gasteiger partial charge in [-0.2, -0.15) is 0 Å². The molecule has 5 aromatic rings. The second-order valence-corrected chi connectivity index (χ2v) is 8.37. The van der Waals surface area contributed by atoms with Crippen LogP contribution in [-0.4, -0.2) is 7.85 Å². The maximum atomic E-state index is 6.13. The minimum atomic E-state index is -0.471. The maximum Gasteiger partial charge on any atom is 0.113 e. The second-order valence-electron chi connectivity index (χ2n) is 8.37. The van der Waals surface area contributed by atoms with E-state index in [4.69, 9.17) is 7.85 Å². The highest BCUT2D eigenvalue weighted by Crippen LogP contribution is 2.54. The maximum absolute atomic E-state index is 6.13. The van der Waals surface area contributed by atoms with Crippen molar-refractivity contribution in [3.05, 3.63) is 150 Å². The predicted molar refractivity (Wildman–Crippen MR) is 135 cm³/mol. The van der Waals surface area contributed by atoms with Crippen molar-refractivity contribution in [1.29, 1.82) is 0 Å². The van der Waals surface area contributed by atoms with Crippen LogP contribution in [0.4, 0.5) is 0 Å². The van der Waals surface area contributed by atoms with Crippen LogP contribution in [0.1, 0.15) is 22.3 Å². The smallest absolute Gasteiger partial charge is 0.0967 e. The number of hydrogen-bond donors (Lipinski definition) is 0. The minimum Gasteiger partial charge on any atom is -0.0967 e. The summed E-state index contributed by atoms with van der Waals surface area (Å²) in [6.45, 7) is 0. The van der Waals surface area contributed by atoms with Crippen LogP contribution in [0.2, 0.25) is 0 Å². The minimum absolute atomic E-state index is 0.471. The molecule has 2 radical (unpaired) electrons. The van der Waals surface area contributed by atoms with Crippen molar-refractivity contribution in [3.63, 3.8) is 0 Å². The van der Waals surface area contributed by atoms with E-state index in [1.807, 2.05) is 12.1 Å². The molecule has 0 aromatic heterocycles. The largest absolute Gasteiger partial charge is 0.113 e. The third-order valence-electron chi connectivity index (χ3n) is 6.72. The van der Waals surface area contributed by atoms with Crippen molar-refractivity contribution in [1.82, 2.24) is 0 Å². The number of benzene rings is 5. The molecule has 0 atom stereocenters. The zero-order chi connectivity index (χ0) is 21.5. The molecule has 0 aliphatic heterocycles. The molecule has 6 rings (SSSR count). The summed E-state index contributed by atoms with van der Waals surface area (Å²) in [6.07, 6.45) is 0. The standard InChI is InChI=1S/C31H21B/c32-24-20-18-23(19-21-24)31(22-10-2-1-3-11-22)29-16-8-6-14-27(29)25-12-4-5-13-26(25)28-15-7-9-17-30(28)31/h1-21H. The Balaban J connectivity index is 1.87. The van der Waals surface area contributed by atoms with E-state index in [2.05, 4.69) is 115 Å². The van der Waals surface area contributed by atoms with Crippen LogP contribution < -0.4 is 5.46 Å². The molecule has 0 amide bonds. The molecular weight excluding hydrogens is 383 g/mol. The fourth-order valence-electron chi connectivity index (χ4n) is 5.40. The first-order valence-electron chi connectivity index (χ1n) is 11.0. The predicted octanol–water partition coefficient (Wildman–Crippen LogP) is 6.51. The Labute approximate surface area is 190 Å². The van der Waals surface area contributed by atoms with Gasteiger partial charge in [0.05, 0.1) is 5.41 Å². The van der Waals surface area contributed by atoms with E-state index in [9.17, 15) is 0 Å². The van der Waals surface area contributed by atoms with E-state index in [0.29, 0.717) is 0 Å². The van der Waals surface area contributed by atoms with Crippen molar-refractivity contribution in [3.8, 4) is 22.3 Å². The lowest BCUT2D eigenvalue weighted by Gasteiger charge is -2.38. The molecule has 0 heterocycles. The summed E-state index contributed by atoms with van der Waals surface area (Å²) in [5.41, 5.74) is 10.4. The Bertz CT molecular complexity index is 1350. The van der Waals surface area contributed by atoms with Crippen molar-refractivity contribution in [2.24, 2.45) is 0 Å². The van der Waals surface area contributed by atoms with Gasteiger partial charge in [0.2, 0.25) is 0 Å². The molecule has 0 unspecified atom stereocenters. The Kier molecular flexibility index (Phi) is 4.36. The van der Waals surface area contributed by atoms with E-state index < -0.39 is 5.41 Å². The number of rotatable bonds is 2. The lowest BCUT2D eigenvalue weighted by molar-refractivity contribution is 0.752. The lowest BCUT2D eigenvalue weighted by Crippen LogP contribution is -2.32. The highest BCUT2D eigenvalue weighted by atomic mass is 14.4. The Morgan fingerprint density at radius 1 is 0.375 bits per heavy atom. The van der Waals surface area contributed by atoms with Gasteiger partial charge in [-0.15, -0.1) is 0 Å². The van der Waals surface area contributed by atoms with Crippen LogP contribution in [0.3, 0.4) is 0 Å². The normalized spacial score (nSPS) is 13.4. The average Bonchev–Trinajstić information content (AvgIpc) is 2.97. The van der Waals surface area contributed by atoms with Crippen LogP contribution in [0.5, 0.6) is 0 Å². The van der Waals surface area contributed by atoms with Gasteiger partial charge in [0.1, 0.15) is 7.85 Å². The Morgan fingerprint density at radius 3 is 1.31 bits per heavy atom. The van der Waals surface area contributed by atoms with Crippen molar-refractivity contribution in [2.45, 2.75) is 5.41 Å². The SMILES string of the molecule is [B]c1ccc(C2(c3ccccc3)c3ccccc3-c3ccccc3-c3ccccc32)cc1. The van der Waals surface area contributed by atoms with Crippen LogP contribution >= 0.6 is 0 Å². The monoisotopic (exact) mass is 404 g/mol. The topological polar surface area (TPSA) is 0 Å². The molecule has 0 spiro atoms. The molecule has 0 saturated heterocycles. The van der Waals surface area contributed by atoms with E-state index in [1.54, 1.807) is 0 Å². The summed E-state index contributed by atoms with van der Waals surface area (Å²) in [7, 11) is 6.13. The van der Waals surface area contributed by atoms with Crippen molar-refractivity contribution < 1.29 is 0 Å². The highest BCUT2D eigenvalue weighted by molar-refractivity contribution is 6.32. The molecular formula is C31H21B. The van der Waals surface area contributed by atoms with Gasteiger partial charge >= 0.3 is 0 Å².